The largest absolute Gasteiger partial charge is 0.350 e. The number of nitrogens with zero attached hydrogens (tertiary/aromatic N) is 2. The smallest absolute Gasteiger partial charge is 0.221 e. The molecular formula is C11H16N4O. The van der Waals surface area contributed by atoms with E-state index in [1.165, 1.54) is 19.2 Å². The first-order chi connectivity index (χ1) is 7.84. The number of carbonyl (C=O) groups is 1. The minimum absolute atomic E-state index is 0.0618. The molecule has 1 aromatic rings. The molecule has 0 unspecified atom stereocenters. The molecule has 1 aliphatic rings. The first-order valence-corrected chi connectivity index (χ1v) is 5.59. The molecule has 1 aromatic heterocycles. The van der Waals surface area contributed by atoms with Gasteiger partial charge in [0.1, 0.15) is 6.33 Å². The number of hydrogen-bond donors (Lipinski definition) is 2. The van der Waals surface area contributed by atoms with Gasteiger partial charge in [-0.2, -0.15) is 0 Å². The third-order valence-corrected chi connectivity index (χ3v) is 2.47. The van der Waals surface area contributed by atoms with E-state index in [-0.39, 0.29) is 5.91 Å². The molecule has 0 bridgehead atoms. The lowest BCUT2D eigenvalue weighted by atomic mass is 10.3. The quantitative estimate of drug-likeness (QED) is 0.720. The fourth-order valence-electron chi connectivity index (χ4n) is 1.38. The average Bonchev–Trinajstić information content (AvgIpc) is 3.12. The van der Waals surface area contributed by atoms with Crippen LogP contribution in [0.2, 0.25) is 0 Å². The molecule has 1 aliphatic carbocycles. The summed E-state index contributed by atoms with van der Waals surface area (Å²) in [5.74, 6) is 0.0618. The van der Waals surface area contributed by atoms with Gasteiger partial charge in [-0.05, 0) is 18.9 Å². The monoisotopic (exact) mass is 220 g/mol. The zero-order valence-electron chi connectivity index (χ0n) is 9.15. The van der Waals surface area contributed by atoms with E-state index in [1.54, 1.807) is 12.3 Å². The summed E-state index contributed by atoms with van der Waals surface area (Å²) in [4.78, 5) is 19.3. The summed E-state index contributed by atoms with van der Waals surface area (Å²) in [6, 6.07) is 2.46. The number of carbonyl (C=O) groups excluding carboxylic acids is 1. The zero-order chi connectivity index (χ0) is 11.2. The Hall–Kier alpha value is -1.49. The molecule has 86 valence electrons. The fraction of sp³-hybridized carbons (Fsp3) is 0.545. The van der Waals surface area contributed by atoms with Gasteiger partial charge < -0.3 is 10.6 Å². The highest BCUT2D eigenvalue weighted by Gasteiger charge is 2.19. The molecule has 5 heteroatoms. The average molecular weight is 220 g/mol. The third kappa shape index (κ3) is 3.94. The lowest BCUT2D eigenvalue weighted by Crippen LogP contribution is -2.28. The summed E-state index contributed by atoms with van der Waals surface area (Å²) >= 11 is 0. The van der Waals surface area contributed by atoms with Crippen molar-refractivity contribution in [2.45, 2.75) is 31.8 Å². The molecule has 0 aliphatic heterocycles. The molecular weight excluding hydrogens is 204 g/mol. The van der Waals surface area contributed by atoms with Crippen LogP contribution in [0.3, 0.4) is 0 Å². The lowest BCUT2D eigenvalue weighted by molar-refractivity contribution is -0.121. The highest BCUT2D eigenvalue weighted by atomic mass is 16.1. The number of hydrogen-bond acceptors (Lipinski definition) is 4. The van der Waals surface area contributed by atoms with E-state index in [9.17, 15) is 4.79 Å². The summed E-state index contributed by atoms with van der Waals surface area (Å²) in [5, 5.41) is 6.12. The van der Waals surface area contributed by atoms with Crippen molar-refractivity contribution in [1.82, 2.24) is 20.6 Å². The second kappa shape index (κ2) is 5.55. The molecule has 1 heterocycles. The zero-order valence-corrected chi connectivity index (χ0v) is 9.15. The Labute approximate surface area is 94.7 Å². The van der Waals surface area contributed by atoms with Crippen molar-refractivity contribution in [3.05, 3.63) is 24.3 Å². The number of aromatic nitrogens is 2. The van der Waals surface area contributed by atoms with Crippen LogP contribution in [0.25, 0.3) is 0 Å². The van der Waals surface area contributed by atoms with E-state index < -0.39 is 0 Å². The van der Waals surface area contributed by atoms with Crippen LogP contribution in [-0.4, -0.2) is 28.5 Å². The predicted octanol–water partition coefficient (Wildman–Crippen LogP) is 0.235. The minimum atomic E-state index is 0.0618. The van der Waals surface area contributed by atoms with E-state index in [0.29, 0.717) is 19.0 Å². The summed E-state index contributed by atoms with van der Waals surface area (Å²) in [6.07, 6.45) is 6.19. The lowest BCUT2D eigenvalue weighted by Gasteiger charge is -2.05. The Morgan fingerprint density at radius 1 is 1.50 bits per heavy atom. The second-order valence-electron chi connectivity index (χ2n) is 3.96. The summed E-state index contributed by atoms with van der Waals surface area (Å²) in [6.45, 7) is 1.24. The SMILES string of the molecule is O=C(CCNC1CC1)NCc1ccncn1. The normalized spacial score (nSPS) is 14.8. The molecule has 5 nitrogen and oxygen atoms in total. The van der Waals surface area contributed by atoms with Crippen LogP contribution in [0, 0.1) is 0 Å². The van der Waals surface area contributed by atoms with Crippen LogP contribution in [0.5, 0.6) is 0 Å². The highest BCUT2D eigenvalue weighted by Crippen LogP contribution is 2.18. The van der Waals surface area contributed by atoms with Crippen molar-refractivity contribution < 1.29 is 4.79 Å². The molecule has 0 aromatic carbocycles. The van der Waals surface area contributed by atoms with Crippen LogP contribution >= 0.6 is 0 Å². The molecule has 2 N–H and O–H groups in total. The number of nitrogens with one attached hydrogen (secondary N) is 2. The van der Waals surface area contributed by atoms with Crippen molar-refractivity contribution in [3.8, 4) is 0 Å². The van der Waals surface area contributed by atoms with Crippen molar-refractivity contribution >= 4 is 5.91 Å². The molecule has 0 radical (unpaired) electrons. The maximum Gasteiger partial charge on any atom is 0.221 e. The van der Waals surface area contributed by atoms with E-state index >= 15 is 0 Å². The molecule has 0 saturated heterocycles. The first kappa shape index (κ1) is 11.0. The Kier molecular flexibility index (Phi) is 3.82. The van der Waals surface area contributed by atoms with Gasteiger partial charge in [0, 0.05) is 25.2 Å². The van der Waals surface area contributed by atoms with Crippen molar-refractivity contribution in [3.63, 3.8) is 0 Å². The first-order valence-electron chi connectivity index (χ1n) is 5.59. The van der Waals surface area contributed by atoms with Crippen molar-refractivity contribution in [2.75, 3.05) is 6.54 Å². The molecule has 1 fully saturated rings. The predicted molar refractivity (Wildman–Crippen MR) is 59.5 cm³/mol. The van der Waals surface area contributed by atoms with Gasteiger partial charge in [0.25, 0.3) is 0 Å². The molecule has 1 saturated carbocycles. The maximum absolute atomic E-state index is 11.4. The molecule has 0 spiro atoms. The standard InChI is InChI=1S/C11H16N4O/c16-11(4-6-13-9-1-2-9)14-7-10-3-5-12-8-15-10/h3,5,8-9,13H,1-2,4,6-7H2,(H,14,16). The van der Waals surface area contributed by atoms with Gasteiger partial charge in [-0.25, -0.2) is 9.97 Å². The van der Waals surface area contributed by atoms with Gasteiger partial charge in [0.2, 0.25) is 5.91 Å². The van der Waals surface area contributed by atoms with Crippen LogP contribution in [0.4, 0.5) is 0 Å². The van der Waals surface area contributed by atoms with E-state index in [4.69, 9.17) is 0 Å². The summed E-state index contributed by atoms with van der Waals surface area (Å²) in [5.41, 5.74) is 0.832. The van der Waals surface area contributed by atoms with Crippen LogP contribution in [0.15, 0.2) is 18.6 Å². The third-order valence-electron chi connectivity index (χ3n) is 2.47. The fourth-order valence-corrected chi connectivity index (χ4v) is 1.38. The number of rotatable bonds is 6. The van der Waals surface area contributed by atoms with Gasteiger partial charge in [-0.1, -0.05) is 0 Å². The van der Waals surface area contributed by atoms with Gasteiger partial charge in [0.15, 0.2) is 0 Å². The topological polar surface area (TPSA) is 66.9 Å². The van der Waals surface area contributed by atoms with E-state index in [2.05, 4.69) is 20.6 Å². The molecule has 0 atom stereocenters. The van der Waals surface area contributed by atoms with Gasteiger partial charge >= 0.3 is 0 Å². The van der Waals surface area contributed by atoms with Gasteiger partial charge in [0.05, 0.1) is 12.2 Å². The summed E-state index contributed by atoms with van der Waals surface area (Å²) in [7, 11) is 0. The molecule has 16 heavy (non-hydrogen) atoms. The van der Waals surface area contributed by atoms with Crippen LogP contribution < -0.4 is 10.6 Å². The second-order valence-corrected chi connectivity index (χ2v) is 3.96. The Bertz CT molecular complexity index is 337. The van der Waals surface area contributed by atoms with Crippen LogP contribution in [0.1, 0.15) is 25.0 Å². The minimum Gasteiger partial charge on any atom is -0.350 e. The van der Waals surface area contributed by atoms with Gasteiger partial charge in [-0.3, -0.25) is 4.79 Å². The molecule has 2 rings (SSSR count). The van der Waals surface area contributed by atoms with E-state index in [0.717, 1.165) is 12.2 Å². The summed E-state index contributed by atoms with van der Waals surface area (Å²) < 4.78 is 0. The Morgan fingerprint density at radius 2 is 2.38 bits per heavy atom. The van der Waals surface area contributed by atoms with E-state index in [1.807, 2.05) is 0 Å². The van der Waals surface area contributed by atoms with Gasteiger partial charge in [-0.15, -0.1) is 0 Å². The van der Waals surface area contributed by atoms with Crippen LogP contribution in [-0.2, 0) is 11.3 Å². The Balaban J connectivity index is 1.59. The number of amides is 1. The molecule has 1 amide bonds. The maximum atomic E-state index is 11.4. The Morgan fingerprint density at radius 3 is 3.06 bits per heavy atom. The van der Waals surface area contributed by atoms with Crippen molar-refractivity contribution in [2.24, 2.45) is 0 Å². The highest BCUT2D eigenvalue weighted by molar-refractivity contribution is 5.75. The van der Waals surface area contributed by atoms with Crippen molar-refractivity contribution in [1.29, 1.82) is 0 Å².